The van der Waals surface area contributed by atoms with E-state index < -0.39 is 0 Å². The highest BCUT2D eigenvalue weighted by Crippen LogP contribution is 2.41. The van der Waals surface area contributed by atoms with Gasteiger partial charge in [-0.3, -0.25) is 0 Å². The van der Waals surface area contributed by atoms with Crippen molar-refractivity contribution in [3.8, 4) is 0 Å². The standard InChI is InChI=1S/C7H6/c1-5-2-3-6-4-7(5)6/h2H,4H2,1H3. The van der Waals surface area contributed by atoms with Crippen molar-refractivity contribution < 1.29 is 0 Å². The zero-order chi connectivity index (χ0) is 4.85. The summed E-state index contributed by atoms with van der Waals surface area (Å²) in [6.07, 6.45) is 3.29. The Labute approximate surface area is 42.8 Å². The van der Waals surface area contributed by atoms with Gasteiger partial charge in [0.05, 0.1) is 0 Å². The highest BCUT2D eigenvalue weighted by molar-refractivity contribution is 5.59. The maximum Gasteiger partial charge on any atom is 0.00628 e. The van der Waals surface area contributed by atoms with Crippen LogP contribution in [0.25, 0.3) is 0 Å². The zero-order valence-corrected chi connectivity index (χ0v) is 4.28. The van der Waals surface area contributed by atoms with Crippen LogP contribution in [0.3, 0.4) is 0 Å². The van der Waals surface area contributed by atoms with E-state index in [9.17, 15) is 0 Å². The van der Waals surface area contributed by atoms with Gasteiger partial charge in [-0.25, -0.2) is 0 Å². The summed E-state index contributed by atoms with van der Waals surface area (Å²) in [7, 11) is 0. The summed E-state index contributed by atoms with van der Waals surface area (Å²) < 4.78 is 0. The van der Waals surface area contributed by atoms with Gasteiger partial charge in [0.1, 0.15) is 0 Å². The summed E-state index contributed by atoms with van der Waals surface area (Å²) >= 11 is 0. The Kier molecular flexibility index (Phi) is 0.353. The SMILES string of the molecule is CC1=C2CC2=C=C1. The van der Waals surface area contributed by atoms with E-state index in [2.05, 4.69) is 18.7 Å². The second-order valence-electron chi connectivity index (χ2n) is 2.11. The molecule has 0 saturated heterocycles. The summed E-state index contributed by atoms with van der Waals surface area (Å²) in [4.78, 5) is 0. The molecule has 1 saturated carbocycles. The molecule has 0 aromatic heterocycles. The molecule has 34 valence electrons. The van der Waals surface area contributed by atoms with Gasteiger partial charge in [-0.15, -0.1) is 5.73 Å². The van der Waals surface area contributed by atoms with Crippen LogP contribution in [-0.2, 0) is 0 Å². The highest BCUT2D eigenvalue weighted by Gasteiger charge is 2.24. The summed E-state index contributed by atoms with van der Waals surface area (Å²) in [5, 5.41) is 0. The summed E-state index contributed by atoms with van der Waals surface area (Å²) in [6, 6.07) is 0. The zero-order valence-electron chi connectivity index (χ0n) is 4.28. The van der Waals surface area contributed by atoms with Crippen molar-refractivity contribution in [2.24, 2.45) is 0 Å². The van der Waals surface area contributed by atoms with E-state index >= 15 is 0 Å². The molecule has 0 amide bonds. The third-order valence-electron chi connectivity index (χ3n) is 1.53. The van der Waals surface area contributed by atoms with Gasteiger partial charge in [0, 0.05) is 12.0 Å². The minimum atomic E-state index is 1.22. The molecular weight excluding hydrogens is 84.1 g/mol. The van der Waals surface area contributed by atoms with E-state index in [0.717, 1.165) is 0 Å². The number of allylic oxidation sites excluding steroid dienone is 3. The molecule has 0 heterocycles. The van der Waals surface area contributed by atoms with E-state index in [1.165, 1.54) is 17.6 Å². The first kappa shape index (κ1) is 3.29. The fraction of sp³-hybridized carbons (Fsp3) is 0.286. The molecule has 0 unspecified atom stereocenters. The van der Waals surface area contributed by atoms with Crippen LogP contribution in [0.2, 0.25) is 0 Å². The second kappa shape index (κ2) is 0.753. The van der Waals surface area contributed by atoms with Gasteiger partial charge in [0.15, 0.2) is 0 Å². The molecule has 0 spiro atoms. The lowest BCUT2D eigenvalue weighted by Gasteiger charge is -1.75. The molecule has 1 fully saturated rings. The minimum Gasteiger partial charge on any atom is -0.116 e. The molecule has 7 heavy (non-hydrogen) atoms. The van der Waals surface area contributed by atoms with Crippen LogP contribution in [-0.4, -0.2) is 0 Å². The first-order valence-corrected chi connectivity index (χ1v) is 2.53. The van der Waals surface area contributed by atoms with Crippen LogP contribution >= 0.6 is 0 Å². The Morgan fingerprint density at radius 1 is 1.71 bits per heavy atom. The van der Waals surface area contributed by atoms with Gasteiger partial charge in [-0.05, 0) is 24.1 Å². The van der Waals surface area contributed by atoms with Crippen molar-refractivity contribution in [1.29, 1.82) is 0 Å². The van der Waals surface area contributed by atoms with Crippen molar-refractivity contribution >= 4 is 0 Å². The van der Waals surface area contributed by atoms with Gasteiger partial charge >= 0.3 is 0 Å². The Morgan fingerprint density at radius 3 is 2.71 bits per heavy atom. The van der Waals surface area contributed by atoms with Gasteiger partial charge in [-0.2, -0.15) is 0 Å². The largest absolute Gasteiger partial charge is 0.116 e. The van der Waals surface area contributed by atoms with Crippen molar-refractivity contribution in [2.45, 2.75) is 13.3 Å². The lowest BCUT2D eigenvalue weighted by atomic mass is 10.3. The van der Waals surface area contributed by atoms with E-state index in [1.54, 1.807) is 5.57 Å². The molecule has 0 atom stereocenters. The lowest BCUT2D eigenvalue weighted by Crippen LogP contribution is -1.57. The van der Waals surface area contributed by atoms with Crippen LogP contribution in [0.5, 0.6) is 0 Å². The van der Waals surface area contributed by atoms with Gasteiger partial charge < -0.3 is 0 Å². The Balaban J connectivity index is 2.72. The number of rotatable bonds is 0. The van der Waals surface area contributed by atoms with Crippen LogP contribution < -0.4 is 0 Å². The smallest absolute Gasteiger partial charge is 0.00628 e. The summed E-state index contributed by atoms with van der Waals surface area (Å²) in [6.45, 7) is 2.14. The first-order chi connectivity index (χ1) is 3.38. The maximum absolute atomic E-state index is 3.16. The van der Waals surface area contributed by atoms with E-state index in [1.807, 2.05) is 0 Å². The molecule has 0 N–H and O–H groups in total. The Morgan fingerprint density at radius 2 is 2.57 bits per heavy atom. The highest BCUT2D eigenvalue weighted by atomic mass is 14.3. The van der Waals surface area contributed by atoms with E-state index in [4.69, 9.17) is 0 Å². The number of hydrogen-bond donors (Lipinski definition) is 0. The quantitative estimate of drug-likeness (QED) is 0.398. The topological polar surface area (TPSA) is 0 Å². The number of hydrogen-bond acceptors (Lipinski definition) is 0. The van der Waals surface area contributed by atoms with Crippen molar-refractivity contribution in [2.75, 3.05) is 0 Å². The third-order valence-corrected chi connectivity index (χ3v) is 1.53. The molecular formula is C7H6. The summed E-state index contributed by atoms with van der Waals surface area (Å²) in [5.74, 6) is 0. The van der Waals surface area contributed by atoms with Gasteiger partial charge in [0.2, 0.25) is 0 Å². The molecule has 0 aliphatic heterocycles. The van der Waals surface area contributed by atoms with E-state index in [0.29, 0.717) is 0 Å². The first-order valence-electron chi connectivity index (χ1n) is 2.53. The van der Waals surface area contributed by atoms with Crippen LogP contribution in [0.15, 0.2) is 28.5 Å². The summed E-state index contributed by atoms with van der Waals surface area (Å²) in [5.41, 5.74) is 7.57. The Hall–Kier alpha value is -0.740. The molecule has 0 aromatic rings. The van der Waals surface area contributed by atoms with Crippen LogP contribution in [0.1, 0.15) is 13.3 Å². The average Bonchev–Trinajstić information content (AvgIpc) is 2.33. The third kappa shape index (κ3) is 0.275. The molecule has 2 aliphatic rings. The average molecular weight is 90.1 g/mol. The van der Waals surface area contributed by atoms with Crippen LogP contribution in [0.4, 0.5) is 0 Å². The molecule has 0 bridgehead atoms. The van der Waals surface area contributed by atoms with Crippen molar-refractivity contribution in [1.82, 2.24) is 0 Å². The fourth-order valence-corrected chi connectivity index (χ4v) is 0.931. The van der Waals surface area contributed by atoms with Gasteiger partial charge in [0.25, 0.3) is 0 Å². The number of fused-ring (bicyclic) bond motifs is 1. The molecule has 0 nitrogen and oxygen atoms in total. The maximum atomic E-state index is 3.16. The molecule has 0 radical (unpaired) electrons. The monoisotopic (exact) mass is 90.0 g/mol. The second-order valence-corrected chi connectivity index (χ2v) is 2.11. The molecule has 2 rings (SSSR count). The van der Waals surface area contributed by atoms with Crippen LogP contribution in [0, 0.1) is 0 Å². The van der Waals surface area contributed by atoms with E-state index in [-0.39, 0.29) is 0 Å². The normalized spacial score (nSPS) is 22.7. The van der Waals surface area contributed by atoms with Crippen molar-refractivity contribution in [3.63, 3.8) is 0 Å². The molecule has 0 aromatic carbocycles. The van der Waals surface area contributed by atoms with Gasteiger partial charge in [-0.1, -0.05) is 0 Å². The lowest BCUT2D eigenvalue weighted by molar-refractivity contribution is 1.48. The molecule has 0 heteroatoms. The Bertz CT molecular complexity index is 210. The predicted molar refractivity (Wildman–Crippen MR) is 28.9 cm³/mol. The van der Waals surface area contributed by atoms with Crippen molar-refractivity contribution in [3.05, 3.63) is 28.5 Å². The fourth-order valence-electron chi connectivity index (χ4n) is 0.931. The predicted octanol–water partition coefficient (Wildman–Crippen LogP) is 1.80. The minimum absolute atomic E-state index is 1.22. The molecule has 2 aliphatic carbocycles.